The summed E-state index contributed by atoms with van der Waals surface area (Å²) in [5.74, 6) is -0.661. The molecule has 3 aromatic rings. The number of nitrogens with zero attached hydrogens (tertiary/aromatic N) is 5. The molecule has 9 nitrogen and oxygen atoms in total. The van der Waals surface area contributed by atoms with Crippen molar-refractivity contribution < 1.29 is 14.4 Å². The molecule has 0 unspecified atom stereocenters. The van der Waals surface area contributed by atoms with Gasteiger partial charge in [0.25, 0.3) is 5.91 Å². The third-order valence-electron chi connectivity index (χ3n) is 5.10. The first kappa shape index (κ1) is 18.7. The molecule has 148 valence electrons. The van der Waals surface area contributed by atoms with Crippen LogP contribution in [0.3, 0.4) is 0 Å². The Labute approximate surface area is 166 Å². The molecular formula is C20H20N6O3. The first-order valence-electron chi connectivity index (χ1n) is 9.36. The third-order valence-corrected chi connectivity index (χ3v) is 5.10. The van der Waals surface area contributed by atoms with Crippen molar-refractivity contribution in [2.24, 2.45) is 7.05 Å². The summed E-state index contributed by atoms with van der Waals surface area (Å²) in [5, 5.41) is 7.31. The molecule has 1 N–H and O–H groups in total. The maximum absolute atomic E-state index is 12.7. The number of likely N-dealkylation sites (tertiary alicyclic amines) is 1. The topological polar surface area (TPSA) is 110 Å². The Morgan fingerprint density at radius 3 is 2.79 bits per heavy atom. The molecule has 29 heavy (non-hydrogen) atoms. The van der Waals surface area contributed by atoms with Crippen LogP contribution >= 0.6 is 0 Å². The van der Waals surface area contributed by atoms with Crippen LogP contribution in [0.4, 0.5) is 0 Å². The van der Waals surface area contributed by atoms with Crippen molar-refractivity contribution in [3.63, 3.8) is 0 Å². The maximum atomic E-state index is 12.7. The second-order valence-corrected chi connectivity index (χ2v) is 6.88. The summed E-state index contributed by atoms with van der Waals surface area (Å²) in [6, 6.07) is 8.36. The normalized spacial score (nSPS) is 16.2. The first-order valence-corrected chi connectivity index (χ1v) is 9.36. The van der Waals surface area contributed by atoms with Gasteiger partial charge in [-0.25, -0.2) is 9.67 Å². The minimum absolute atomic E-state index is 0.182. The van der Waals surface area contributed by atoms with Gasteiger partial charge in [0.05, 0.1) is 23.7 Å². The number of hydrogen-bond acceptors (Lipinski definition) is 6. The van der Waals surface area contributed by atoms with Gasteiger partial charge in [0.1, 0.15) is 6.33 Å². The zero-order valence-corrected chi connectivity index (χ0v) is 15.9. The fourth-order valence-corrected chi connectivity index (χ4v) is 3.65. The van der Waals surface area contributed by atoms with Crippen LogP contribution in [0.25, 0.3) is 10.9 Å². The van der Waals surface area contributed by atoms with Crippen LogP contribution in [0.5, 0.6) is 0 Å². The van der Waals surface area contributed by atoms with Crippen LogP contribution in [-0.4, -0.2) is 61.4 Å². The number of hydrogen-bond donors (Lipinski definition) is 1. The van der Waals surface area contributed by atoms with Gasteiger partial charge in [-0.2, -0.15) is 5.10 Å². The number of rotatable bonds is 5. The Hall–Kier alpha value is -3.62. The number of ketones is 1. The standard InChI is InChI=1S/C20H20N6O3/c1-25-19(23-12-24-25)18(28)16-7-4-10-26(16)17(27)11-22-20(29)14-8-9-21-15-6-3-2-5-13(14)15/h2-3,5-6,8-9,12,16H,4,7,10-11H2,1H3,(H,22,29)/t16-/m0/s1. The van der Waals surface area contributed by atoms with E-state index in [1.165, 1.54) is 15.9 Å². The number of pyridine rings is 1. The molecule has 1 aromatic carbocycles. The van der Waals surface area contributed by atoms with E-state index < -0.39 is 6.04 Å². The van der Waals surface area contributed by atoms with Crippen molar-refractivity contribution in [3.8, 4) is 0 Å². The van der Waals surface area contributed by atoms with Crippen molar-refractivity contribution in [2.75, 3.05) is 13.1 Å². The highest BCUT2D eigenvalue weighted by atomic mass is 16.2. The summed E-state index contributed by atoms with van der Waals surface area (Å²) >= 11 is 0. The Balaban J connectivity index is 1.44. The van der Waals surface area contributed by atoms with Crippen LogP contribution in [0, 0.1) is 0 Å². The molecule has 9 heteroatoms. The molecule has 0 radical (unpaired) electrons. The predicted octanol–water partition coefficient (Wildman–Crippen LogP) is 0.967. The van der Waals surface area contributed by atoms with Gasteiger partial charge in [0.2, 0.25) is 11.7 Å². The highest BCUT2D eigenvalue weighted by Gasteiger charge is 2.36. The lowest BCUT2D eigenvalue weighted by Crippen LogP contribution is -2.46. The summed E-state index contributed by atoms with van der Waals surface area (Å²) in [4.78, 5) is 47.8. The monoisotopic (exact) mass is 392 g/mol. The van der Waals surface area contributed by atoms with Crippen LogP contribution in [0.1, 0.15) is 33.8 Å². The van der Waals surface area contributed by atoms with E-state index in [2.05, 4.69) is 20.4 Å². The molecule has 3 heterocycles. The number of aryl methyl sites for hydroxylation is 1. The summed E-state index contributed by atoms with van der Waals surface area (Å²) in [6.45, 7) is 0.291. The molecule has 2 amide bonds. The molecule has 1 saturated heterocycles. The van der Waals surface area contributed by atoms with Crippen molar-refractivity contribution in [3.05, 3.63) is 54.2 Å². The zero-order chi connectivity index (χ0) is 20.4. The van der Waals surface area contributed by atoms with Gasteiger partial charge < -0.3 is 10.2 Å². The second kappa shape index (κ2) is 7.78. The van der Waals surface area contributed by atoms with Gasteiger partial charge in [-0.3, -0.25) is 19.4 Å². The average Bonchev–Trinajstić information content (AvgIpc) is 3.40. The summed E-state index contributed by atoms with van der Waals surface area (Å²) in [5.41, 5.74) is 1.16. The van der Waals surface area contributed by atoms with Gasteiger partial charge >= 0.3 is 0 Å². The number of para-hydroxylation sites is 1. The number of carbonyl (C=O) groups is 3. The smallest absolute Gasteiger partial charge is 0.252 e. The van der Waals surface area contributed by atoms with Gasteiger partial charge in [-0.1, -0.05) is 18.2 Å². The lowest BCUT2D eigenvalue weighted by atomic mass is 10.1. The van der Waals surface area contributed by atoms with E-state index in [0.29, 0.717) is 24.0 Å². The molecule has 0 saturated carbocycles. The minimum atomic E-state index is -0.580. The molecule has 1 aliphatic heterocycles. The summed E-state index contributed by atoms with van der Waals surface area (Å²) < 4.78 is 1.40. The average molecular weight is 392 g/mol. The van der Waals surface area contributed by atoms with E-state index in [1.807, 2.05) is 24.3 Å². The van der Waals surface area contributed by atoms with Gasteiger partial charge in [0.15, 0.2) is 5.82 Å². The van der Waals surface area contributed by atoms with E-state index in [-0.39, 0.29) is 30.0 Å². The van der Waals surface area contributed by atoms with E-state index in [1.54, 1.807) is 19.3 Å². The molecule has 0 aliphatic carbocycles. The Kier molecular flexibility index (Phi) is 5.03. The van der Waals surface area contributed by atoms with Crippen molar-refractivity contribution >= 4 is 28.5 Å². The zero-order valence-electron chi connectivity index (χ0n) is 15.9. The van der Waals surface area contributed by atoms with E-state index in [4.69, 9.17) is 0 Å². The molecule has 1 fully saturated rings. The highest BCUT2D eigenvalue weighted by molar-refractivity contribution is 6.07. The molecule has 2 aromatic heterocycles. The van der Waals surface area contributed by atoms with E-state index in [9.17, 15) is 14.4 Å². The number of nitrogens with one attached hydrogen (secondary N) is 1. The fraction of sp³-hybridized carbons (Fsp3) is 0.300. The third kappa shape index (κ3) is 3.58. The summed E-state index contributed by atoms with van der Waals surface area (Å²) in [7, 11) is 1.64. The van der Waals surface area contributed by atoms with Gasteiger partial charge in [-0.05, 0) is 25.0 Å². The van der Waals surface area contributed by atoms with Gasteiger partial charge in [0, 0.05) is 25.2 Å². The van der Waals surface area contributed by atoms with Crippen LogP contribution in [-0.2, 0) is 11.8 Å². The molecule has 4 rings (SSSR count). The first-order chi connectivity index (χ1) is 14.1. The van der Waals surface area contributed by atoms with Crippen molar-refractivity contribution in [2.45, 2.75) is 18.9 Å². The Morgan fingerprint density at radius 1 is 1.17 bits per heavy atom. The maximum Gasteiger partial charge on any atom is 0.252 e. The van der Waals surface area contributed by atoms with Crippen LogP contribution in [0.2, 0.25) is 0 Å². The Bertz CT molecular complexity index is 1090. The fourth-order valence-electron chi connectivity index (χ4n) is 3.65. The van der Waals surface area contributed by atoms with E-state index in [0.717, 1.165) is 11.8 Å². The number of Topliss-reactive ketones (excluding diaryl/α,β-unsaturated/α-hetero) is 1. The number of benzene rings is 1. The molecular weight excluding hydrogens is 372 g/mol. The molecule has 0 bridgehead atoms. The Morgan fingerprint density at radius 2 is 2.00 bits per heavy atom. The second-order valence-electron chi connectivity index (χ2n) is 6.88. The molecule has 1 aliphatic rings. The SMILES string of the molecule is Cn1ncnc1C(=O)[C@@H]1CCCN1C(=O)CNC(=O)c1ccnc2ccccc12. The van der Waals surface area contributed by atoms with E-state index >= 15 is 0 Å². The molecule has 0 spiro atoms. The summed E-state index contributed by atoms with van der Waals surface area (Å²) in [6.07, 6.45) is 4.17. The number of fused-ring (bicyclic) bond motifs is 1. The number of amides is 2. The largest absolute Gasteiger partial charge is 0.343 e. The van der Waals surface area contributed by atoms with Crippen LogP contribution in [0.15, 0.2) is 42.9 Å². The lowest BCUT2D eigenvalue weighted by molar-refractivity contribution is -0.130. The minimum Gasteiger partial charge on any atom is -0.343 e. The lowest BCUT2D eigenvalue weighted by Gasteiger charge is -2.23. The van der Waals surface area contributed by atoms with Crippen molar-refractivity contribution in [1.29, 1.82) is 0 Å². The number of carbonyl (C=O) groups excluding carboxylic acids is 3. The van der Waals surface area contributed by atoms with Gasteiger partial charge in [-0.15, -0.1) is 0 Å². The quantitative estimate of drug-likeness (QED) is 0.648. The van der Waals surface area contributed by atoms with Crippen molar-refractivity contribution in [1.82, 2.24) is 30.0 Å². The highest BCUT2D eigenvalue weighted by Crippen LogP contribution is 2.21. The number of aromatic nitrogens is 4. The molecule has 1 atom stereocenters. The predicted molar refractivity (Wildman–Crippen MR) is 104 cm³/mol. The van der Waals surface area contributed by atoms with Crippen LogP contribution < -0.4 is 5.32 Å².